The van der Waals surface area contributed by atoms with Gasteiger partial charge >= 0.3 is 0 Å². The summed E-state index contributed by atoms with van der Waals surface area (Å²) in [6, 6.07) is 6.55. The van der Waals surface area contributed by atoms with Crippen LogP contribution >= 0.6 is 0 Å². The summed E-state index contributed by atoms with van der Waals surface area (Å²) in [4.78, 5) is 30.8. The van der Waals surface area contributed by atoms with Crippen molar-refractivity contribution in [3.63, 3.8) is 0 Å². The lowest BCUT2D eigenvalue weighted by atomic mass is 9.98. The highest BCUT2D eigenvalue weighted by Gasteiger charge is 2.35. The Hall–Kier alpha value is -1.97. The van der Waals surface area contributed by atoms with Crippen molar-refractivity contribution in [3.8, 4) is 0 Å². The van der Waals surface area contributed by atoms with Crippen LogP contribution in [0.4, 0.5) is 5.69 Å². The van der Waals surface area contributed by atoms with Crippen molar-refractivity contribution >= 4 is 27.5 Å². The second kappa shape index (κ2) is 8.64. The fourth-order valence-electron chi connectivity index (χ4n) is 4.52. The number of nitrogens with zero attached hydrogens (tertiary/aromatic N) is 4. The van der Waals surface area contributed by atoms with Crippen molar-refractivity contribution in [2.45, 2.75) is 30.6 Å². The number of anilines is 1. The van der Waals surface area contributed by atoms with E-state index < -0.39 is 10.0 Å². The molecule has 0 N–H and O–H groups in total. The number of rotatable bonds is 4. The van der Waals surface area contributed by atoms with Crippen LogP contribution in [-0.4, -0.2) is 87.2 Å². The third-order valence-corrected chi connectivity index (χ3v) is 8.29. The van der Waals surface area contributed by atoms with Crippen molar-refractivity contribution in [1.29, 1.82) is 0 Å². The second-order valence-electron chi connectivity index (χ2n) is 8.47. The van der Waals surface area contributed by atoms with Crippen molar-refractivity contribution in [2.75, 3.05) is 57.8 Å². The fourth-order valence-corrected chi connectivity index (χ4v) is 6.04. The second-order valence-corrected chi connectivity index (χ2v) is 10.4. The Morgan fingerprint density at radius 2 is 1.67 bits per heavy atom. The lowest BCUT2D eigenvalue weighted by Gasteiger charge is -2.37. The molecule has 3 fully saturated rings. The lowest BCUT2D eigenvalue weighted by molar-refractivity contribution is -0.138. The highest BCUT2D eigenvalue weighted by Crippen LogP contribution is 2.28. The molecule has 30 heavy (non-hydrogen) atoms. The van der Waals surface area contributed by atoms with Gasteiger partial charge in [0.15, 0.2) is 0 Å². The summed E-state index contributed by atoms with van der Waals surface area (Å²) in [7, 11) is -1.63. The summed E-state index contributed by atoms with van der Waals surface area (Å²) in [5, 5.41) is 0. The number of likely N-dealkylation sites (N-methyl/N-ethyl adjacent to an activating group) is 1. The maximum Gasteiger partial charge on any atom is 0.243 e. The van der Waals surface area contributed by atoms with Crippen LogP contribution in [0, 0.1) is 5.92 Å². The largest absolute Gasteiger partial charge is 0.340 e. The Morgan fingerprint density at radius 1 is 0.967 bits per heavy atom. The molecule has 2 amide bonds. The van der Waals surface area contributed by atoms with Gasteiger partial charge in [0.1, 0.15) is 0 Å². The standard InChI is InChI=1S/C21H30N4O4S/c1-22-12-14-23(15-13-22)21(27)17-4-2-10-24(16-17)30(28,29)19-8-6-18(7-9-19)25-11-3-5-20(25)26/h6-9,17H,2-5,10-16H2,1H3. The molecule has 1 aromatic carbocycles. The summed E-state index contributed by atoms with van der Waals surface area (Å²) in [6.07, 6.45) is 2.78. The number of carbonyl (C=O) groups is 2. The van der Waals surface area contributed by atoms with Gasteiger partial charge in [-0.05, 0) is 50.6 Å². The van der Waals surface area contributed by atoms with E-state index in [-0.39, 0.29) is 29.2 Å². The van der Waals surface area contributed by atoms with Crippen LogP contribution < -0.4 is 4.90 Å². The third-order valence-electron chi connectivity index (χ3n) is 6.41. The molecule has 3 aliphatic rings. The fraction of sp³-hybridized carbons (Fsp3) is 0.619. The van der Waals surface area contributed by atoms with E-state index in [9.17, 15) is 18.0 Å². The monoisotopic (exact) mass is 434 g/mol. The molecule has 0 radical (unpaired) electrons. The minimum atomic E-state index is -3.67. The van der Waals surface area contributed by atoms with Crippen LogP contribution in [0.5, 0.6) is 0 Å². The van der Waals surface area contributed by atoms with Crippen molar-refractivity contribution < 1.29 is 18.0 Å². The summed E-state index contributed by atoms with van der Waals surface area (Å²) in [5.74, 6) is -0.129. The molecule has 0 aromatic heterocycles. The first-order valence-electron chi connectivity index (χ1n) is 10.7. The predicted octanol–water partition coefficient (Wildman–Crippen LogP) is 0.988. The number of piperidine rings is 1. The zero-order valence-corrected chi connectivity index (χ0v) is 18.3. The molecule has 1 unspecified atom stereocenters. The Bertz CT molecular complexity index is 894. The number of hydrogen-bond acceptors (Lipinski definition) is 5. The third kappa shape index (κ3) is 4.24. The quantitative estimate of drug-likeness (QED) is 0.706. The topological polar surface area (TPSA) is 81.2 Å². The molecule has 9 heteroatoms. The summed E-state index contributed by atoms with van der Waals surface area (Å²) >= 11 is 0. The van der Waals surface area contributed by atoms with E-state index in [1.807, 2.05) is 11.9 Å². The van der Waals surface area contributed by atoms with Gasteiger partial charge in [-0.15, -0.1) is 0 Å². The predicted molar refractivity (Wildman–Crippen MR) is 114 cm³/mol. The molecule has 0 saturated carbocycles. The van der Waals surface area contributed by atoms with E-state index in [1.165, 1.54) is 4.31 Å². The first kappa shape index (κ1) is 21.3. The molecular formula is C21H30N4O4S. The number of sulfonamides is 1. The Balaban J connectivity index is 1.44. The van der Waals surface area contributed by atoms with Gasteiger partial charge in [0.2, 0.25) is 21.8 Å². The summed E-state index contributed by atoms with van der Waals surface area (Å²) < 4.78 is 27.8. The SMILES string of the molecule is CN1CCN(C(=O)C2CCCN(S(=O)(=O)c3ccc(N4CCCC4=O)cc3)C2)CC1. The van der Waals surface area contributed by atoms with Crippen molar-refractivity contribution in [2.24, 2.45) is 5.92 Å². The highest BCUT2D eigenvalue weighted by molar-refractivity contribution is 7.89. The summed E-state index contributed by atoms with van der Waals surface area (Å²) in [5.41, 5.74) is 0.734. The van der Waals surface area contributed by atoms with Gasteiger partial charge in [-0.3, -0.25) is 9.59 Å². The van der Waals surface area contributed by atoms with Crippen LogP contribution in [0.3, 0.4) is 0 Å². The molecule has 1 aromatic rings. The first-order chi connectivity index (χ1) is 14.4. The normalized spacial score (nSPS) is 24.4. The summed E-state index contributed by atoms with van der Waals surface area (Å²) in [6.45, 7) is 4.46. The Morgan fingerprint density at radius 3 is 2.30 bits per heavy atom. The van der Waals surface area contributed by atoms with Gasteiger partial charge in [-0.1, -0.05) is 0 Å². The van der Waals surface area contributed by atoms with Gasteiger partial charge < -0.3 is 14.7 Å². The van der Waals surface area contributed by atoms with Crippen molar-refractivity contribution in [3.05, 3.63) is 24.3 Å². The molecule has 3 saturated heterocycles. The minimum Gasteiger partial charge on any atom is -0.340 e. The van der Waals surface area contributed by atoms with E-state index in [0.29, 0.717) is 39.0 Å². The van der Waals surface area contributed by atoms with Crippen LogP contribution in [0.2, 0.25) is 0 Å². The molecular weight excluding hydrogens is 404 g/mol. The number of benzene rings is 1. The van der Waals surface area contributed by atoms with Gasteiger partial charge in [0.25, 0.3) is 0 Å². The van der Waals surface area contributed by atoms with Crippen LogP contribution in [0.25, 0.3) is 0 Å². The Labute approximate surface area is 178 Å². The zero-order chi connectivity index (χ0) is 21.3. The van der Waals surface area contributed by atoms with E-state index in [2.05, 4.69) is 4.90 Å². The van der Waals surface area contributed by atoms with Gasteiger partial charge in [-0.2, -0.15) is 4.31 Å². The molecule has 0 spiro atoms. The molecule has 3 heterocycles. The maximum absolute atomic E-state index is 13.2. The number of amides is 2. The van der Waals surface area contributed by atoms with E-state index >= 15 is 0 Å². The average Bonchev–Trinajstić information content (AvgIpc) is 3.20. The molecule has 1 atom stereocenters. The molecule has 0 bridgehead atoms. The molecule has 0 aliphatic carbocycles. The molecule has 3 aliphatic heterocycles. The lowest BCUT2D eigenvalue weighted by Crippen LogP contribution is -2.52. The minimum absolute atomic E-state index is 0.0749. The van der Waals surface area contributed by atoms with Gasteiger partial charge in [0.05, 0.1) is 10.8 Å². The molecule has 164 valence electrons. The van der Waals surface area contributed by atoms with E-state index in [0.717, 1.165) is 31.6 Å². The average molecular weight is 435 g/mol. The van der Waals surface area contributed by atoms with Gasteiger partial charge in [-0.25, -0.2) is 8.42 Å². The molecule has 4 rings (SSSR count). The van der Waals surface area contributed by atoms with Crippen LogP contribution in [0.15, 0.2) is 29.2 Å². The van der Waals surface area contributed by atoms with Crippen LogP contribution in [0.1, 0.15) is 25.7 Å². The maximum atomic E-state index is 13.2. The smallest absolute Gasteiger partial charge is 0.243 e. The van der Waals surface area contributed by atoms with Crippen LogP contribution in [-0.2, 0) is 19.6 Å². The number of carbonyl (C=O) groups excluding carboxylic acids is 2. The molecule has 8 nitrogen and oxygen atoms in total. The Kier molecular flexibility index (Phi) is 6.13. The van der Waals surface area contributed by atoms with Gasteiger partial charge in [0, 0.05) is 57.9 Å². The van der Waals surface area contributed by atoms with Crippen molar-refractivity contribution in [1.82, 2.24) is 14.1 Å². The highest BCUT2D eigenvalue weighted by atomic mass is 32.2. The number of hydrogen-bond donors (Lipinski definition) is 0. The zero-order valence-electron chi connectivity index (χ0n) is 17.5. The van der Waals surface area contributed by atoms with E-state index in [4.69, 9.17) is 0 Å². The first-order valence-corrected chi connectivity index (χ1v) is 12.2. The number of piperazine rings is 1. The van der Waals surface area contributed by atoms with E-state index in [1.54, 1.807) is 29.2 Å².